The minimum atomic E-state index is -0.306. The van der Waals surface area contributed by atoms with E-state index in [9.17, 15) is 4.79 Å². The Hall–Kier alpha value is -1.05. The molecule has 0 radical (unpaired) electrons. The molecule has 0 aromatic heterocycles. The van der Waals surface area contributed by atoms with Gasteiger partial charge in [-0.15, -0.1) is 0 Å². The number of nitrogens with zero attached hydrogens (tertiary/aromatic N) is 1. The summed E-state index contributed by atoms with van der Waals surface area (Å²) in [6.45, 7) is 2.10. The maximum atomic E-state index is 11.3. The first-order valence-corrected chi connectivity index (χ1v) is 6.55. The van der Waals surface area contributed by atoms with E-state index in [0.29, 0.717) is 22.5 Å². The molecular formula is C12H11BrClNO2. The van der Waals surface area contributed by atoms with E-state index in [4.69, 9.17) is 21.6 Å². The highest BCUT2D eigenvalue weighted by molar-refractivity contribution is 9.08. The van der Waals surface area contributed by atoms with Gasteiger partial charge < -0.3 is 4.74 Å². The molecule has 0 aliphatic carbocycles. The smallest absolute Gasteiger partial charge is 0.310 e. The molecule has 5 heteroatoms. The standard InChI is InChI=1S/C12H11BrClNO2/c1-2-17-11(16)5-8-3-9(6-13)12(14)10(4-8)7-15/h3-4H,2,5-6H2,1H3. The van der Waals surface area contributed by atoms with E-state index in [-0.39, 0.29) is 12.4 Å². The van der Waals surface area contributed by atoms with Crippen LogP contribution >= 0.6 is 27.5 Å². The Morgan fingerprint density at radius 3 is 2.82 bits per heavy atom. The van der Waals surface area contributed by atoms with Gasteiger partial charge in [0.1, 0.15) is 6.07 Å². The summed E-state index contributed by atoms with van der Waals surface area (Å²) in [5.41, 5.74) is 1.91. The van der Waals surface area contributed by atoms with Gasteiger partial charge >= 0.3 is 5.97 Å². The van der Waals surface area contributed by atoms with Crippen molar-refractivity contribution in [2.24, 2.45) is 0 Å². The molecule has 1 rings (SSSR count). The second-order valence-corrected chi connectivity index (χ2v) is 4.28. The number of halogens is 2. The van der Waals surface area contributed by atoms with Gasteiger partial charge in [-0.3, -0.25) is 4.79 Å². The second kappa shape index (κ2) is 6.63. The molecule has 0 aliphatic rings. The third kappa shape index (κ3) is 3.72. The Morgan fingerprint density at radius 1 is 1.59 bits per heavy atom. The van der Waals surface area contributed by atoms with E-state index in [1.165, 1.54) is 0 Å². The summed E-state index contributed by atoms with van der Waals surface area (Å²) in [5, 5.41) is 9.90. The van der Waals surface area contributed by atoms with Gasteiger partial charge in [0.2, 0.25) is 0 Å². The summed E-state index contributed by atoms with van der Waals surface area (Å²) < 4.78 is 4.86. The summed E-state index contributed by atoms with van der Waals surface area (Å²) in [5.74, 6) is -0.306. The maximum Gasteiger partial charge on any atom is 0.310 e. The molecule has 90 valence electrons. The summed E-state index contributed by atoms with van der Waals surface area (Å²) in [4.78, 5) is 11.3. The molecule has 0 N–H and O–H groups in total. The molecule has 1 aromatic rings. The highest BCUT2D eigenvalue weighted by Crippen LogP contribution is 2.25. The molecule has 0 unspecified atom stereocenters. The van der Waals surface area contributed by atoms with Gasteiger partial charge in [0, 0.05) is 5.33 Å². The van der Waals surface area contributed by atoms with Crippen molar-refractivity contribution in [3.8, 4) is 6.07 Å². The average Bonchev–Trinajstić information content (AvgIpc) is 2.31. The Balaban J connectivity index is 3.02. The third-order valence-electron chi connectivity index (χ3n) is 2.13. The van der Waals surface area contributed by atoms with Crippen molar-refractivity contribution in [3.05, 3.63) is 33.8 Å². The molecule has 0 amide bonds. The van der Waals surface area contributed by atoms with E-state index in [1.807, 2.05) is 6.07 Å². The minimum Gasteiger partial charge on any atom is -0.466 e. The quantitative estimate of drug-likeness (QED) is 0.633. The molecule has 0 bridgehead atoms. The lowest BCUT2D eigenvalue weighted by molar-refractivity contribution is -0.142. The zero-order valence-corrected chi connectivity index (χ0v) is 11.6. The van der Waals surface area contributed by atoms with E-state index in [0.717, 1.165) is 11.1 Å². The zero-order valence-electron chi connectivity index (χ0n) is 9.30. The molecule has 0 aliphatic heterocycles. The number of ether oxygens (including phenoxy) is 1. The normalized spacial score (nSPS) is 9.76. The highest BCUT2D eigenvalue weighted by atomic mass is 79.9. The van der Waals surface area contributed by atoms with Crippen LogP contribution in [0.2, 0.25) is 5.02 Å². The molecule has 1 aromatic carbocycles. The number of hydrogen-bond acceptors (Lipinski definition) is 3. The summed E-state index contributed by atoms with van der Waals surface area (Å²) in [6.07, 6.45) is 0.152. The van der Waals surface area contributed by atoms with Crippen LogP contribution in [0.1, 0.15) is 23.6 Å². The first kappa shape index (κ1) is 14.0. The van der Waals surface area contributed by atoms with E-state index < -0.39 is 0 Å². The van der Waals surface area contributed by atoms with E-state index in [2.05, 4.69) is 15.9 Å². The number of esters is 1. The molecular weight excluding hydrogens is 305 g/mol. The summed E-state index contributed by atoms with van der Waals surface area (Å²) in [7, 11) is 0. The Morgan fingerprint density at radius 2 is 2.29 bits per heavy atom. The van der Waals surface area contributed by atoms with Gasteiger partial charge in [-0.1, -0.05) is 33.6 Å². The minimum absolute atomic E-state index is 0.152. The van der Waals surface area contributed by atoms with Gasteiger partial charge in [-0.25, -0.2) is 0 Å². The van der Waals surface area contributed by atoms with Crippen LogP contribution in [-0.2, 0) is 21.3 Å². The van der Waals surface area contributed by atoms with Crippen LogP contribution in [0.3, 0.4) is 0 Å². The number of benzene rings is 1. The Bertz CT molecular complexity index is 468. The van der Waals surface area contributed by atoms with Crippen molar-refractivity contribution in [1.82, 2.24) is 0 Å². The first-order chi connectivity index (χ1) is 8.12. The van der Waals surface area contributed by atoms with Gasteiger partial charge in [-0.2, -0.15) is 5.26 Å². The van der Waals surface area contributed by atoms with Crippen LogP contribution in [0.4, 0.5) is 0 Å². The Kier molecular flexibility index (Phi) is 5.46. The van der Waals surface area contributed by atoms with Gasteiger partial charge in [0.15, 0.2) is 0 Å². The van der Waals surface area contributed by atoms with Crippen LogP contribution in [0, 0.1) is 11.3 Å². The van der Waals surface area contributed by atoms with Crippen molar-refractivity contribution < 1.29 is 9.53 Å². The number of rotatable bonds is 4. The highest BCUT2D eigenvalue weighted by Gasteiger charge is 2.11. The fourth-order valence-corrected chi connectivity index (χ4v) is 2.23. The van der Waals surface area contributed by atoms with Crippen molar-refractivity contribution in [3.63, 3.8) is 0 Å². The van der Waals surface area contributed by atoms with E-state index in [1.54, 1.807) is 19.1 Å². The second-order valence-electron chi connectivity index (χ2n) is 3.34. The fraction of sp³-hybridized carbons (Fsp3) is 0.333. The van der Waals surface area contributed by atoms with Crippen LogP contribution in [-0.4, -0.2) is 12.6 Å². The van der Waals surface area contributed by atoms with Crippen molar-refractivity contribution in [1.29, 1.82) is 5.26 Å². The molecule has 0 fully saturated rings. The lowest BCUT2D eigenvalue weighted by Crippen LogP contribution is -2.08. The number of alkyl halides is 1. The fourth-order valence-electron chi connectivity index (χ4n) is 1.41. The predicted molar refractivity (Wildman–Crippen MR) is 69.1 cm³/mol. The van der Waals surface area contributed by atoms with Crippen LogP contribution in [0.5, 0.6) is 0 Å². The first-order valence-electron chi connectivity index (χ1n) is 5.05. The van der Waals surface area contributed by atoms with Gasteiger partial charge in [0.25, 0.3) is 0 Å². The predicted octanol–water partition coefficient (Wildman–Crippen LogP) is 3.21. The Labute approximate surface area is 113 Å². The van der Waals surface area contributed by atoms with E-state index >= 15 is 0 Å². The monoisotopic (exact) mass is 315 g/mol. The van der Waals surface area contributed by atoms with Gasteiger partial charge in [-0.05, 0) is 24.1 Å². The molecule has 0 heterocycles. The summed E-state index contributed by atoms with van der Waals surface area (Å²) in [6, 6.07) is 5.43. The van der Waals surface area contributed by atoms with Crippen LogP contribution < -0.4 is 0 Å². The lowest BCUT2D eigenvalue weighted by atomic mass is 10.0. The number of carbonyl (C=O) groups is 1. The number of nitriles is 1. The topological polar surface area (TPSA) is 50.1 Å². The third-order valence-corrected chi connectivity index (χ3v) is 3.18. The molecule has 0 spiro atoms. The van der Waals surface area contributed by atoms with Crippen LogP contribution in [0.25, 0.3) is 0 Å². The molecule has 0 saturated heterocycles. The molecule has 3 nitrogen and oxygen atoms in total. The molecule has 0 atom stereocenters. The molecule has 0 saturated carbocycles. The largest absolute Gasteiger partial charge is 0.466 e. The maximum absolute atomic E-state index is 11.3. The number of hydrogen-bond donors (Lipinski definition) is 0. The van der Waals surface area contributed by atoms with Crippen molar-refractivity contribution in [2.75, 3.05) is 6.61 Å². The van der Waals surface area contributed by atoms with Gasteiger partial charge in [0.05, 0.1) is 23.6 Å². The van der Waals surface area contributed by atoms with Crippen molar-refractivity contribution >= 4 is 33.5 Å². The van der Waals surface area contributed by atoms with Crippen molar-refractivity contribution in [2.45, 2.75) is 18.7 Å². The zero-order chi connectivity index (χ0) is 12.8. The summed E-state index contributed by atoms with van der Waals surface area (Å²) >= 11 is 9.30. The molecule has 17 heavy (non-hydrogen) atoms. The lowest BCUT2D eigenvalue weighted by Gasteiger charge is -2.07. The SMILES string of the molecule is CCOC(=O)Cc1cc(C#N)c(Cl)c(CBr)c1. The number of carbonyl (C=O) groups excluding carboxylic acids is 1. The van der Waals surface area contributed by atoms with Crippen LogP contribution in [0.15, 0.2) is 12.1 Å². The average molecular weight is 317 g/mol.